The van der Waals surface area contributed by atoms with E-state index in [1.54, 1.807) is 0 Å². The molecule has 0 saturated heterocycles. The maximum absolute atomic E-state index is 2.47. The third kappa shape index (κ3) is 6.16. The third-order valence-electron chi connectivity index (χ3n) is 14.5. The van der Waals surface area contributed by atoms with Crippen molar-refractivity contribution in [1.29, 1.82) is 0 Å². The first kappa shape index (κ1) is 38.9. The molecular weight excluding hydrogens is 807 g/mol. The first-order valence-electron chi connectivity index (χ1n) is 23.3. The molecule has 1 aliphatic carbocycles. The first-order valence-corrected chi connectivity index (χ1v) is 23.3. The molecule has 1 atom stereocenters. The molecule has 0 aliphatic heterocycles. The molecule has 0 amide bonds. The fraction of sp³-hybridized carbons (Fsp3) is 0.0303. The molecule has 0 aromatic heterocycles. The highest BCUT2D eigenvalue weighted by molar-refractivity contribution is 6.22. The minimum atomic E-state index is -0.287. The lowest BCUT2D eigenvalue weighted by Crippen LogP contribution is -2.22. The topological polar surface area (TPSA) is 3.24 Å². The van der Waals surface area contributed by atoms with Gasteiger partial charge in [-0.15, -0.1) is 0 Å². The number of anilines is 3. The zero-order valence-electron chi connectivity index (χ0n) is 37.2. The van der Waals surface area contributed by atoms with E-state index in [1.807, 2.05) is 0 Å². The van der Waals surface area contributed by atoms with Crippen LogP contribution < -0.4 is 4.90 Å². The van der Waals surface area contributed by atoms with Gasteiger partial charge in [0, 0.05) is 22.5 Å². The van der Waals surface area contributed by atoms with E-state index < -0.39 is 0 Å². The van der Waals surface area contributed by atoms with Gasteiger partial charge in [0.05, 0.1) is 0 Å². The minimum Gasteiger partial charge on any atom is -0.310 e. The van der Waals surface area contributed by atoms with Gasteiger partial charge in [-0.05, 0) is 148 Å². The molecule has 0 radical (unpaired) electrons. The van der Waals surface area contributed by atoms with Crippen LogP contribution in [0.1, 0.15) is 23.6 Å². The van der Waals surface area contributed by atoms with Crippen LogP contribution in [-0.2, 0) is 5.41 Å². The highest BCUT2D eigenvalue weighted by Crippen LogP contribution is 2.54. The summed E-state index contributed by atoms with van der Waals surface area (Å²) < 4.78 is 0. The van der Waals surface area contributed by atoms with Crippen molar-refractivity contribution in [1.82, 2.24) is 0 Å². The van der Waals surface area contributed by atoms with Crippen LogP contribution in [0.25, 0.3) is 87.6 Å². The summed E-state index contributed by atoms with van der Waals surface area (Å²) in [6.45, 7) is 2.39. The Bertz CT molecular complexity index is 3850. The quantitative estimate of drug-likeness (QED) is 0.144. The largest absolute Gasteiger partial charge is 0.310 e. The van der Waals surface area contributed by atoms with Crippen molar-refractivity contribution in [3.8, 4) is 44.5 Å². The Kier molecular flexibility index (Phi) is 9.05. The van der Waals surface area contributed by atoms with Crippen LogP contribution in [0.3, 0.4) is 0 Å². The molecule has 13 rings (SSSR count). The summed E-state index contributed by atoms with van der Waals surface area (Å²) >= 11 is 0. The molecule has 0 N–H and O–H groups in total. The lowest BCUT2D eigenvalue weighted by atomic mass is 9.74. The number of hydrogen-bond donors (Lipinski definition) is 0. The molecule has 1 aliphatic rings. The molecule has 0 fully saturated rings. The molecule has 12 aromatic rings. The Balaban J connectivity index is 1.05. The molecule has 0 heterocycles. The average Bonchev–Trinajstić information content (AvgIpc) is 3.66. The molecule has 1 unspecified atom stereocenters. The third-order valence-corrected chi connectivity index (χ3v) is 14.5. The SMILES string of the molecule is CC1(c2ccccc2)c2ccccc2-c2cc(N(c3ccc(-c4cccc5c4ccc4ccccc45)cc3)c3ccc4c(c3)c(-c3ccccc3)c(-c3ccccc3)c3ccccc34)ccc21. The summed E-state index contributed by atoms with van der Waals surface area (Å²) in [5, 5.41) is 10.0. The second-order valence-corrected chi connectivity index (χ2v) is 18.1. The smallest absolute Gasteiger partial charge is 0.0468 e. The number of benzene rings is 12. The maximum Gasteiger partial charge on any atom is 0.0468 e. The highest BCUT2D eigenvalue weighted by Gasteiger charge is 2.41. The van der Waals surface area contributed by atoms with Crippen LogP contribution in [-0.4, -0.2) is 0 Å². The summed E-state index contributed by atoms with van der Waals surface area (Å²) in [5.74, 6) is 0. The van der Waals surface area contributed by atoms with Crippen LogP contribution in [0.15, 0.2) is 255 Å². The van der Waals surface area contributed by atoms with E-state index in [0.29, 0.717) is 0 Å². The van der Waals surface area contributed by atoms with E-state index in [-0.39, 0.29) is 5.41 Å². The Hall–Kier alpha value is -8.52. The molecule has 0 bridgehead atoms. The van der Waals surface area contributed by atoms with Crippen LogP contribution in [0.2, 0.25) is 0 Å². The van der Waals surface area contributed by atoms with Gasteiger partial charge < -0.3 is 4.90 Å². The van der Waals surface area contributed by atoms with Crippen LogP contribution in [0, 0.1) is 0 Å². The lowest BCUT2D eigenvalue weighted by Gasteiger charge is -2.30. The molecular formula is C66H45N. The van der Waals surface area contributed by atoms with Gasteiger partial charge in [-0.3, -0.25) is 0 Å². The van der Waals surface area contributed by atoms with Crippen LogP contribution >= 0.6 is 0 Å². The predicted molar refractivity (Wildman–Crippen MR) is 285 cm³/mol. The Morgan fingerprint density at radius 2 is 0.791 bits per heavy atom. The van der Waals surface area contributed by atoms with Crippen LogP contribution in [0.5, 0.6) is 0 Å². The monoisotopic (exact) mass is 851 g/mol. The van der Waals surface area contributed by atoms with E-state index >= 15 is 0 Å². The van der Waals surface area contributed by atoms with Crippen molar-refractivity contribution in [3.05, 3.63) is 271 Å². The van der Waals surface area contributed by atoms with Crippen molar-refractivity contribution < 1.29 is 0 Å². The van der Waals surface area contributed by atoms with Crippen molar-refractivity contribution in [3.63, 3.8) is 0 Å². The van der Waals surface area contributed by atoms with E-state index in [0.717, 1.165) is 17.1 Å². The second-order valence-electron chi connectivity index (χ2n) is 18.1. The summed E-state index contributed by atoms with van der Waals surface area (Å²) in [4.78, 5) is 2.47. The normalized spacial score (nSPS) is 14.1. The van der Waals surface area contributed by atoms with Gasteiger partial charge in [-0.25, -0.2) is 0 Å². The Morgan fingerprint density at radius 1 is 0.284 bits per heavy atom. The molecule has 0 saturated carbocycles. The number of hydrogen-bond acceptors (Lipinski definition) is 1. The molecule has 314 valence electrons. The van der Waals surface area contributed by atoms with Crippen molar-refractivity contribution in [2.75, 3.05) is 4.90 Å². The van der Waals surface area contributed by atoms with Crippen molar-refractivity contribution >= 4 is 60.2 Å². The van der Waals surface area contributed by atoms with E-state index in [4.69, 9.17) is 0 Å². The van der Waals surface area contributed by atoms with Crippen molar-refractivity contribution in [2.24, 2.45) is 0 Å². The van der Waals surface area contributed by atoms with Gasteiger partial charge in [-0.2, -0.15) is 0 Å². The zero-order valence-corrected chi connectivity index (χ0v) is 37.2. The van der Waals surface area contributed by atoms with Gasteiger partial charge in [0.25, 0.3) is 0 Å². The average molecular weight is 852 g/mol. The Labute approximate surface area is 391 Å². The van der Waals surface area contributed by atoms with Crippen molar-refractivity contribution in [2.45, 2.75) is 12.3 Å². The molecule has 12 aromatic carbocycles. The van der Waals surface area contributed by atoms with Gasteiger partial charge in [0.1, 0.15) is 0 Å². The Morgan fingerprint density at radius 3 is 1.55 bits per heavy atom. The highest BCUT2D eigenvalue weighted by atomic mass is 15.1. The fourth-order valence-electron chi connectivity index (χ4n) is 11.4. The minimum absolute atomic E-state index is 0.287. The molecule has 0 spiro atoms. The van der Waals surface area contributed by atoms with E-state index in [1.165, 1.54) is 104 Å². The summed E-state index contributed by atoms with van der Waals surface area (Å²) in [6, 6.07) is 94.2. The number of fused-ring (bicyclic) bond motifs is 9. The summed E-state index contributed by atoms with van der Waals surface area (Å²) in [6.07, 6.45) is 0. The molecule has 67 heavy (non-hydrogen) atoms. The van der Waals surface area contributed by atoms with Gasteiger partial charge in [0.2, 0.25) is 0 Å². The molecule has 1 nitrogen and oxygen atoms in total. The second kappa shape index (κ2) is 15.6. The molecule has 1 heteroatoms. The maximum atomic E-state index is 2.47. The number of nitrogens with zero attached hydrogens (tertiary/aromatic N) is 1. The number of rotatable bonds is 7. The van der Waals surface area contributed by atoms with Gasteiger partial charge in [0.15, 0.2) is 0 Å². The standard InChI is InChI=1S/C66H45N/c1-66(48-23-9-4-10-24-48)62-31-16-15-27-58(62)60-42-51(38-41-63(60)66)67(49-35-32-45(33-36-49)53-29-17-30-54-52-25-12-11-18-44(52)34-39-56(53)54)50-37-40-57-55-26-13-14-28-59(55)64(46-19-5-2-6-20-46)65(61(57)43-50)47-21-7-3-8-22-47/h2-43H,1H3. The summed E-state index contributed by atoms with van der Waals surface area (Å²) in [7, 11) is 0. The van der Waals surface area contributed by atoms with E-state index in [9.17, 15) is 0 Å². The first-order chi connectivity index (χ1) is 33.1. The zero-order chi connectivity index (χ0) is 44.5. The van der Waals surface area contributed by atoms with Gasteiger partial charge >= 0.3 is 0 Å². The van der Waals surface area contributed by atoms with Crippen LogP contribution in [0.4, 0.5) is 17.1 Å². The van der Waals surface area contributed by atoms with E-state index in [2.05, 4.69) is 267 Å². The fourth-order valence-corrected chi connectivity index (χ4v) is 11.4. The lowest BCUT2D eigenvalue weighted by molar-refractivity contribution is 0.714. The van der Waals surface area contributed by atoms with Gasteiger partial charge in [-0.1, -0.05) is 218 Å². The predicted octanol–water partition coefficient (Wildman–Crippen LogP) is 18.1. The summed E-state index contributed by atoms with van der Waals surface area (Å²) in [5.41, 5.74) is 16.8.